The number of carbonyl (C=O) groups excluding carboxylic acids is 1. The molecule has 1 N–H and O–H groups in total. The minimum atomic E-state index is -0.0172. The van der Waals surface area contributed by atoms with Crippen LogP contribution in [-0.4, -0.2) is 19.1 Å². The predicted molar refractivity (Wildman–Crippen MR) is 64.4 cm³/mol. The van der Waals surface area contributed by atoms with Crippen LogP contribution in [0.1, 0.15) is 30.9 Å². The zero-order valence-electron chi connectivity index (χ0n) is 9.82. The highest BCUT2D eigenvalue weighted by Gasteiger charge is 2.48. The smallest absolute Gasteiger partial charge is 0.221 e. The lowest BCUT2D eigenvalue weighted by Crippen LogP contribution is -2.36. The molecule has 0 saturated carbocycles. The molecule has 0 bridgehead atoms. The van der Waals surface area contributed by atoms with E-state index in [9.17, 15) is 4.79 Å². The van der Waals surface area contributed by atoms with E-state index in [1.807, 2.05) is 18.2 Å². The molecule has 2 aliphatic rings. The second kappa shape index (κ2) is 4.15. The van der Waals surface area contributed by atoms with E-state index in [0.29, 0.717) is 13.0 Å². The zero-order valence-corrected chi connectivity index (χ0v) is 9.82. The summed E-state index contributed by atoms with van der Waals surface area (Å²) in [7, 11) is 0. The van der Waals surface area contributed by atoms with E-state index in [-0.39, 0.29) is 17.4 Å². The Morgan fingerprint density at radius 2 is 2.12 bits per heavy atom. The van der Waals surface area contributed by atoms with Gasteiger partial charge < -0.3 is 10.1 Å². The van der Waals surface area contributed by atoms with Gasteiger partial charge in [-0.1, -0.05) is 30.3 Å². The highest BCUT2D eigenvalue weighted by Crippen LogP contribution is 2.47. The molecule has 2 aliphatic heterocycles. The first kappa shape index (κ1) is 10.8. The quantitative estimate of drug-likeness (QED) is 0.803. The first-order valence-electron chi connectivity index (χ1n) is 6.22. The van der Waals surface area contributed by atoms with Crippen molar-refractivity contribution in [2.75, 3.05) is 13.2 Å². The molecule has 3 nitrogen and oxygen atoms in total. The summed E-state index contributed by atoms with van der Waals surface area (Å²) in [6.45, 7) is 1.53. The van der Waals surface area contributed by atoms with Crippen molar-refractivity contribution in [3.63, 3.8) is 0 Å². The second-order valence-electron chi connectivity index (χ2n) is 5.11. The third-order valence-electron chi connectivity index (χ3n) is 3.92. The molecule has 0 aliphatic carbocycles. The van der Waals surface area contributed by atoms with Gasteiger partial charge in [-0.25, -0.2) is 0 Å². The third-order valence-corrected chi connectivity index (χ3v) is 3.92. The summed E-state index contributed by atoms with van der Waals surface area (Å²) in [5, 5.41) is 3.11. The monoisotopic (exact) mass is 231 g/mol. The number of rotatable bonds is 1. The van der Waals surface area contributed by atoms with E-state index >= 15 is 0 Å². The Bertz CT molecular complexity index is 409. The van der Waals surface area contributed by atoms with Gasteiger partial charge in [0.05, 0.1) is 12.6 Å². The highest BCUT2D eigenvalue weighted by atomic mass is 16.5. The van der Waals surface area contributed by atoms with E-state index in [1.54, 1.807) is 0 Å². The van der Waals surface area contributed by atoms with Crippen molar-refractivity contribution in [3.8, 4) is 0 Å². The number of carbonyl (C=O) groups is 1. The summed E-state index contributed by atoms with van der Waals surface area (Å²) < 4.78 is 5.62. The number of hydrogen-bond acceptors (Lipinski definition) is 2. The van der Waals surface area contributed by atoms with Crippen molar-refractivity contribution in [2.45, 2.75) is 25.3 Å². The van der Waals surface area contributed by atoms with Crippen LogP contribution in [0, 0.1) is 5.41 Å². The lowest BCUT2D eigenvalue weighted by Gasteiger charge is -2.37. The maximum atomic E-state index is 11.7. The molecule has 3 heteroatoms. The standard InChI is InChI=1S/C14H17NO2/c16-12-9-14(7-4-8-17-10-14)13(15-12)11-5-2-1-3-6-11/h1-3,5-6,13H,4,7-10H2,(H,15,16). The summed E-state index contributed by atoms with van der Waals surface area (Å²) in [6.07, 6.45) is 2.73. The number of ether oxygens (including phenoxy) is 1. The SMILES string of the molecule is O=C1CC2(CCCOC2)C(c2ccccc2)N1. The van der Waals surface area contributed by atoms with Gasteiger partial charge in [-0.2, -0.15) is 0 Å². The van der Waals surface area contributed by atoms with E-state index in [0.717, 1.165) is 19.4 Å². The third kappa shape index (κ3) is 1.84. The normalized spacial score (nSPS) is 32.7. The fourth-order valence-corrected chi connectivity index (χ4v) is 3.11. The lowest BCUT2D eigenvalue weighted by atomic mass is 9.73. The Hall–Kier alpha value is -1.35. The Morgan fingerprint density at radius 3 is 2.82 bits per heavy atom. The Labute approximate surface area is 101 Å². The first-order chi connectivity index (χ1) is 8.30. The van der Waals surface area contributed by atoms with Crippen LogP contribution >= 0.6 is 0 Å². The van der Waals surface area contributed by atoms with Crippen molar-refractivity contribution < 1.29 is 9.53 Å². The van der Waals surface area contributed by atoms with E-state index in [2.05, 4.69) is 17.4 Å². The molecule has 2 unspecified atom stereocenters. The van der Waals surface area contributed by atoms with E-state index in [1.165, 1.54) is 5.56 Å². The van der Waals surface area contributed by atoms with Gasteiger partial charge in [0.25, 0.3) is 0 Å². The molecule has 2 fully saturated rings. The van der Waals surface area contributed by atoms with Crippen LogP contribution in [0.4, 0.5) is 0 Å². The van der Waals surface area contributed by atoms with Crippen LogP contribution in [0.5, 0.6) is 0 Å². The Kier molecular flexibility index (Phi) is 2.63. The van der Waals surface area contributed by atoms with Crippen LogP contribution < -0.4 is 5.32 Å². The highest BCUT2D eigenvalue weighted by molar-refractivity contribution is 5.80. The van der Waals surface area contributed by atoms with Crippen LogP contribution in [0.3, 0.4) is 0 Å². The van der Waals surface area contributed by atoms with Crippen LogP contribution in [0.2, 0.25) is 0 Å². The van der Waals surface area contributed by atoms with Crippen molar-refractivity contribution in [3.05, 3.63) is 35.9 Å². The summed E-state index contributed by atoms with van der Waals surface area (Å²) in [5.74, 6) is 0.157. The number of nitrogens with one attached hydrogen (secondary N) is 1. The van der Waals surface area contributed by atoms with E-state index < -0.39 is 0 Å². The summed E-state index contributed by atoms with van der Waals surface area (Å²) >= 11 is 0. The Morgan fingerprint density at radius 1 is 1.29 bits per heavy atom. The summed E-state index contributed by atoms with van der Waals surface area (Å²) in [5.41, 5.74) is 1.18. The van der Waals surface area contributed by atoms with E-state index in [4.69, 9.17) is 4.74 Å². The van der Waals surface area contributed by atoms with Crippen LogP contribution in [0.15, 0.2) is 30.3 Å². The topological polar surface area (TPSA) is 38.3 Å². The lowest BCUT2D eigenvalue weighted by molar-refractivity contribution is -0.120. The molecule has 2 saturated heterocycles. The van der Waals surface area contributed by atoms with Crippen molar-refractivity contribution >= 4 is 5.91 Å². The largest absolute Gasteiger partial charge is 0.381 e. The molecular weight excluding hydrogens is 214 g/mol. The van der Waals surface area contributed by atoms with Gasteiger partial charge in [0.2, 0.25) is 5.91 Å². The van der Waals surface area contributed by atoms with Gasteiger partial charge in [0.1, 0.15) is 0 Å². The fraction of sp³-hybridized carbons (Fsp3) is 0.500. The molecule has 90 valence electrons. The first-order valence-corrected chi connectivity index (χ1v) is 6.22. The average molecular weight is 231 g/mol. The molecule has 1 aromatic rings. The molecule has 1 amide bonds. The molecule has 2 atom stereocenters. The molecule has 17 heavy (non-hydrogen) atoms. The fourth-order valence-electron chi connectivity index (χ4n) is 3.11. The molecule has 2 heterocycles. The minimum absolute atomic E-state index is 0.0172. The zero-order chi connectivity index (χ0) is 11.7. The Balaban J connectivity index is 1.94. The molecular formula is C14H17NO2. The second-order valence-corrected chi connectivity index (χ2v) is 5.11. The van der Waals surface area contributed by atoms with Gasteiger partial charge in [0.15, 0.2) is 0 Å². The predicted octanol–water partition coefficient (Wildman–Crippen LogP) is 2.04. The molecule has 1 spiro atoms. The molecule has 1 aromatic carbocycles. The average Bonchev–Trinajstić information content (AvgIpc) is 2.68. The summed E-state index contributed by atoms with van der Waals surface area (Å²) in [4.78, 5) is 11.7. The van der Waals surface area contributed by atoms with Crippen LogP contribution in [-0.2, 0) is 9.53 Å². The maximum Gasteiger partial charge on any atom is 0.221 e. The summed E-state index contributed by atoms with van der Waals surface area (Å²) in [6, 6.07) is 10.4. The molecule has 0 aromatic heterocycles. The van der Waals surface area contributed by atoms with Gasteiger partial charge in [0, 0.05) is 18.4 Å². The van der Waals surface area contributed by atoms with Crippen molar-refractivity contribution in [1.29, 1.82) is 0 Å². The van der Waals surface area contributed by atoms with Gasteiger partial charge >= 0.3 is 0 Å². The number of hydrogen-bond donors (Lipinski definition) is 1. The maximum absolute atomic E-state index is 11.7. The van der Waals surface area contributed by atoms with Crippen molar-refractivity contribution in [1.82, 2.24) is 5.32 Å². The van der Waals surface area contributed by atoms with Gasteiger partial charge in [-0.05, 0) is 18.4 Å². The number of amides is 1. The van der Waals surface area contributed by atoms with Crippen molar-refractivity contribution in [2.24, 2.45) is 5.41 Å². The van der Waals surface area contributed by atoms with Gasteiger partial charge in [-0.3, -0.25) is 4.79 Å². The number of benzene rings is 1. The van der Waals surface area contributed by atoms with Gasteiger partial charge in [-0.15, -0.1) is 0 Å². The molecule has 0 radical (unpaired) electrons. The minimum Gasteiger partial charge on any atom is -0.381 e. The molecule has 3 rings (SSSR count). The van der Waals surface area contributed by atoms with Crippen LogP contribution in [0.25, 0.3) is 0 Å².